The third kappa shape index (κ3) is 2.68. The molecule has 0 bridgehead atoms. The maximum absolute atomic E-state index is 8.80. The lowest BCUT2D eigenvalue weighted by molar-refractivity contribution is 0.788. The SMILES string of the molecule is CC(Nc1cc(C#N)cc(Cl)n1)c1nn[nH]n1. The van der Waals surface area contributed by atoms with E-state index < -0.39 is 0 Å². The Morgan fingerprint density at radius 2 is 2.35 bits per heavy atom. The number of nitrogens with one attached hydrogen (secondary N) is 2. The number of hydrogen-bond acceptors (Lipinski definition) is 6. The van der Waals surface area contributed by atoms with E-state index in [4.69, 9.17) is 16.9 Å². The summed E-state index contributed by atoms with van der Waals surface area (Å²) >= 11 is 5.79. The highest BCUT2D eigenvalue weighted by atomic mass is 35.5. The van der Waals surface area contributed by atoms with Gasteiger partial charge >= 0.3 is 0 Å². The molecular weight excluding hydrogens is 242 g/mol. The normalized spacial score (nSPS) is 11.8. The molecular formula is C9H8ClN7. The quantitative estimate of drug-likeness (QED) is 0.795. The van der Waals surface area contributed by atoms with Crippen molar-refractivity contribution in [2.24, 2.45) is 0 Å². The maximum Gasteiger partial charge on any atom is 0.196 e. The minimum atomic E-state index is -0.189. The number of nitrogens with zero attached hydrogens (tertiary/aromatic N) is 5. The molecule has 0 radical (unpaired) electrons. The van der Waals surface area contributed by atoms with E-state index in [1.807, 2.05) is 13.0 Å². The van der Waals surface area contributed by atoms with Crippen molar-refractivity contribution >= 4 is 17.4 Å². The van der Waals surface area contributed by atoms with Gasteiger partial charge < -0.3 is 5.32 Å². The first kappa shape index (κ1) is 11.3. The van der Waals surface area contributed by atoms with E-state index in [1.165, 1.54) is 6.07 Å². The van der Waals surface area contributed by atoms with Crippen LogP contribution in [-0.2, 0) is 0 Å². The predicted octanol–water partition coefficient (Wildman–Crippen LogP) is 1.29. The van der Waals surface area contributed by atoms with Gasteiger partial charge in [0.15, 0.2) is 5.82 Å². The Hall–Kier alpha value is -2.20. The van der Waals surface area contributed by atoms with Gasteiger partial charge in [0.25, 0.3) is 0 Å². The topological polar surface area (TPSA) is 103 Å². The molecule has 0 amide bonds. The van der Waals surface area contributed by atoms with Gasteiger partial charge in [-0.3, -0.25) is 0 Å². The summed E-state index contributed by atoms with van der Waals surface area (Å²) in [5.74, 6) is 0.997. The van der Waals surface area contributed by atoms with Crippen LogP contribution in [0.3, 0.4) is 0 Å². The number of H-pyrrole nitrogens is 1. The van der Waals surface area contributed by atoms with Crippen LogP contribution in [-0.4, -0.2) is 25.6 Å². The molecule has 2 aromatic heterocycles. The Morgan fingerprint density at radius 3 is 3.00 bits per heavy atom. The zero-order chi connectivity index (χ0) is 12.3. The van der Waals surface area contributed by atoms with Crippen LogP contribution in [0, 0.1) is 11.3 Å². The molecule has 0 spiro atoms. The smallest absolute Gasteiger partial charge is 0.196 e. The number of hydrogen-bond donors (Lipinski definition) is 2. The molecule has 1 unspecified atom stereocenters. The fraction of sp³-hybridized carbons (Fsp3) is 0.222. The Balaban J connectivity index is 2.19. The average Bonchev–Trinajstić information content (AvgIpc) is 2.81. The van der Waals surface area contributed by atoms with E-state index in [-0.39, 0.29) is 11.2 Å². The van der Waals surface area contributed by atoms with Gasteiger partial charge in [0.05, 0.1) is 17.7 Å². The molecule has 0 saturated heterocycles. The zero-order valence-electron chi connectivity index (χ0n) is 8.85. The number of aromatic amines is 1. The van der Waals surface area contributed by atoms with E-state index in [0.717, 1.165) is 0 Å². The molecule has 8 heteroatoms. The minimum Gasteiger partial charge on any atom is -0.360 e. The first-order chi connectivity index (χ1) is 8.19. The molecule has 2 rings (SSSR count). The van der Waals surface area contributed by atoms with Crippen LogP contribution in [0.15, 0.2) is 12.1 Å². The Labute approximate surface area is 102 Å². The molecule has 0 aliphatic carbocycles. The van der Waals surface area contributed by atoms with Crippen molar-refractivity contribution in [2.75, 3.05) is 5.32 Å². The van der Waals surface area contributed by atoms with Crippen LogP contribution in [0.5, 0.6) is 0 Å². The highest BCUT2D eigenvalue weighted by Gasteiger charge is 2.11. The van der Waals surface area contributed by atoms with Crippen LogP contribution < -0.4 is 5.32 Å². The molecule has 2 aromatic rings. The van der Waals surface area contributed by atoms with E-state index in [1.54, 1.807) is 6.07 Å². The molecule has 0 aromatic carbocycles. The summed E-state index contributed by atoms with van der Waals surface area (Å²) in [6.07, 6.45) is 0. The standard InChI is InChI=1S/C9H8ClN7/c1-5(9-14-16-17-15-9)12-8-3-6(4-11)2-7(10)13-8/h2-3,5H,1H3,(H,12,13)(H,14,15,16,17). The van der Waals surface area contributed by atoms with E-state index >= 15 is 0 Å². The first-order valence-electron chi connectivity index (χ1n) is 4.76. The Kier molecular flexibility index (Phi) is 3.16. The van der Waals surface area contributed by atoms with E-state index in [9.17, 15) is 0 Å². The monoisotopic (exact) mass is 249 g/mol. The van der Waals surface area contributed by atoms with Gasteiger partial charge in [0, 0.05) is 0 Å². The van der Waals surface area contributed by atoms with Crippen molar-refractivity contribution in [2.45, 2.75) is 13.0 Å². The van der Waals surface area contributed by atoms with Crippen molar-refractivity contribution in [3.8, 4) is 6.07 Å². The van der Waals surface area contributed by atoms with Gasteiger partial charge in [-0.15, -0.1) is 10.2 Å². The minimum absolute atomic E-state index is 0.189. The lowest BCUT2D eigenvalue weighted by Gasteiger charge is -2.10. The van der Waals surface area contributed by atoms with Gasteiger partial charge in [0.1, 0.15) is 11.0 Å². The highest BCUT2D eigenvalue weighted by molar-refractivity contribution is 6.29. The zero-order valence-corrected chi connectivity index (χ0v) is 9.60. The summed E-state index contributed by atoms with van der Waals surface area (Å²) in [4.78, 5) is 4.05. The van der Waals surface area contributed by atoms with Crippen molar-refractivity contribution < 1.29 is 0 Å². The third-order valence-electron chi connectivity index (χ3n) is 2.04. The van der Waals surface area contributed by atoms with Crippen LogP contribution >= 0.6 is 11.6 Å². The number of aromatic nitrogens is 5. The second-order valence-corrected chi connectivity index (χ2v) is 3.70. The number of pyridine rings is 1. The second-order valence-electron chi connectivity index (χ2n) is 3.31. The van der Waals surface area contributed by atoms with Crippen LogP contribution in [0.25, 0.3) is 0 Å². The molecule has 0 aliphatic rings. The largest absolute Gasteiger partial charge is 0.360 e. The number of tetrazole rings is 1. The van der Waals surface area contributed by atoms with Gasteiger partial charge in [-0.1, -0.05) is 16.8 Å². The lowest BCUT2D eigenvalue weighted by atomic mass is 10.2. The molecule has 2 heterocycles. The molecule has 86 valence electrons. The molecule has 1 atom stereocenters. The molecule has 7 nitrogen and oxygen atoms in total. The molecule has 0 saturated carbocycles. The summed E-state index contributed by atoms with van der Waals surface area (Å²) in [7, 11) is 0. The fourth-order valence-electron chi connectivity index (χ4n) is 1.27. The molecule has 17 heavy (non-hydrogen) atoms. The summed E-state index contributed by atoms with van der Waals surface area (Å²) in [5, 5.41) is 25.6. The number of rotatable bonds is 3. The van der Waals surface area contributed by atoms with Crippen LogP contribution in [0.1, 0.15) is 24.4 Å². The van der Waals surface area contributed by atoms with Gasteiger partial charge in [-0.2, -0.15) is 10.5 Å². The number of anilines is 1. The molecule has 0 aliphatic heterocycles. The van der Waals surface area contributed by atoms with Crippen molar-refractivity contribution in [3.63, 3.8) is 0 Å². The van der Waals surface area contributed by atoms with Crippen molar-refractivity contribution in [1.29, 1.82) is 5.26 Å². The average molecular weight is 250 g/mol. The number of nitriles is 1. The predicted molar refractivity (Wildman–Crippen MR) is 60.2 cm³/mol. The first-order valence-corrected chi connectivity index (χ1v) is 5.14. The lowest BCUT2D eigenvalue weighted by Crippen LogP contribution is -2.10. The summed E-state index contributed by atoms with van der Waals surface area (Å²) in [6.45, 7) is 1.85. The Morgan fingerprint density at radius 1 is 1.53 bits per heavy atom. The number of halogens is 1. The fourth-order valence-corrected chi connectivity index (χ4v) is 1.48. The van der Waals surface area contributed by atoms with Crippen molar-refractivity contribution in [3.05, 3.63) is 28.7 Å². The van der Waals surface area contributed by atoms with E-state index in [2.05, 4.69) is 30.9 Å². The molecule has 0 fully saturated rings. The Bertz CT molecular complexity index is 545. The van der Waals surface area contributed by atoms with Gasteiger partial charge in [-0.25, -0.2) is 4.98 Å². The summed E-state index contributed by atoms with van der Waals surface area (Å²) < 4.78 is 0. The van der Waals surface area contributed by atoms with Crippen LogP contribution in [0.2, 0.25) is 5.15 Å². The van der Waals surface area contributed by atoms with Crippen molar-refractivity contribution in [1.82, 2.24) is 25.6 Å². The summed E-state index contributed by atoms with van der Waals surface area (Å²) in [5.41, 5.74) is 0.438. The van der Waals surface area contributed by atoms with E-state index in [0.29, 0.717) is 17.2 Å². The summed E-state index contributed by atoms with van der Waals surface area (Å²) in [6, 6.07) is 4.90. The molecule has 2 N–H and O–H groups in total. The third-order valence-corrected chi connectivity index (χ3v) is 2.23. The maximum atomic E-state index is 8.80. The van der Waals surface area contributed by atoms with Gasteiger partial charge in [0.2, 0.25) is 0 Å². The van der Waals surface area contributed by atoms with Crippen LogP contribution in [0.4, 0.5) is 5.82 Å². The second kappa shape index (κ2) is 4.76. The highest BCUT2D eigenvalue weighted by Crippen LogP contribution is 2.18. The van der Waals surface area contributed by atoms with Gasteiger partial charge in [-0.05, 0) is 19.1 Å².